The Morgan fingerprint density at radius 3 is 2.64 bits per heavy atom. The van der Waals surface area contributed by atoms with Crippen molar-refractivity contribution >= 4 is 5.91 Å². The molecule has 3 heterocycles. The Labute approximate surface area is 146 Å². The third-order valence-electron chi connectivity index (χ3n) is 4.74. The molecule has 1 aliphatic heterocycles. The minimum Gasteiger partial charge on any atom is -0.421 e. The quantitative estimate of drug-likeness (QED) is 0.736. The average molecular weight is 336 g/mol. The number of aryl methyl sites for hydroxylation is 2. The van der Waals surface area contributed by atoms with Gasteiger partial charge in [0.1, 0.15) is 0 Å². The van der Waals surface area contributed by atoms with Gasteiger partial charge in [-0.25, -0.2) is 0 Å². The van der Waals surface area contributed by atoms with E-state index in [0.29, 0.717) is 17.3 Å². The van der Waals surface area contributed by atoms with Gasteiger partial charge in [-0.3, -0.25) is 4.79 Å². The summed E-state index contributed by atoms with van der Waals surface area (Å²) >= 11 is 0. The number of benzene rings is 1. The van der Waals surface area contributed by atoms with E-state index in [1.54, 1.807) is 6.92 Å². The molecule has 1 amide bonds. The number of hydrogen-bond donors (Lipinski definition) is 0. The fraction of sp³-hybridized carbons (Fsp3) is 0.316. The normalized spacial score (nSPS) is 17.2. The number of likely N-dealkylation sites (tertiary alicyclic amines) is 1. The molecule has 1 fully saturated rings. The van der Waals surface area contributed by atoms with Gasteiger partial charge in [-0.05, 0) is 49.2 Å². The van der Waals surface area contributed by atoms with Crippen molar-refractivity contribution in [1.82, 2.24) is 19.7 Å². The first kappa shape index (κ1) is 15.6. The summed E-state index contributed by atoms with van der Waals surface area (Å²) in [5.41, 5.74) is 2.68. The Balaban J connectivity index is 1.57. The molecule has 2 aromatic heterocycles. The molecule has 0 radical (unpaired) electrons. The molecule has 128 valence electrons. The minimum absolute atomic E-state index is 0.0666. The van der Waals surface area contributed by atoms with Crippen LogP contribution in [0.15, 0.2) is 47.0 Å². The van der Waals surface area contributed by atoms with Gasteiger partial charge >= 0.3 is 0 Å². The second kappa shape index (κ2) is 6.20. The van der Waals surface area contributed by atoms with Crippen LogP contribution < -0.4 is 0 Å². The fourth-order valence-corrected chi connectivity index (χ4v) is 3.47. The summed E-state index contributed by atoms with van der Waals surface area (Å²) in [4.78, 5) is 15.0. The Kier molecular flexibility index (Phi) is 3.87. The number of hydrogen-bond acceptors (Lipinski definition) is 4. The van der Waals surface area contributed by atoms with Crippen molar-refractivity contribution < 1.29 is 9.21 Å². The third-order valence-corrected chi connectivity index (χ3v) is 4.74. The van der Waals surface area contributed by atoms with Crippen LogP contribution in [0.3, 0.4) is 0 Å². The van der Waals surface area contributed by atoms with Gasteiger partial charge in [0.15, 0.2) is 0 Å². The number of nitrogens with zero attached hydrogens (tertiary/aromatic N) is 4. The molecule has 1 aliphatic rings. The van der Waals surface area contributed by atoms with Crippen molar-refractivity contribution in [2.75, 3.05) is 6.54 Å². The maximum atomic E-state index is 13.0. The average Bonchev–Trinajstić information content (AvgIpc) is 3.35. The summed E-state index contributed by atoms with van der Waals surface area (Å²) in [5.74, 6) is 1.06. The molecule has 3 aromatic rings. The first-order valence-electron chi connectivity index (χ1n) is 8.46. The number of carbonyl (C=O) groups excluding carboxylic acids is 1. The van der Waals surface area contributed by atoms with Crippen molar-refractivity contribution in [3.63, 3.8) is 0 Å². The number of rotatable bonds is 3. The van der Waals surface area contributed by atoms with Crippen molar-refractivity contribution in [1.29, 1.82) is 0 Å². The van der Waals surface area contributed by atoms with Crippen LogP contribution in [-0.2, 0) is 7.05 Å². The van der Waals surface area contributed by atoms with E-state index in [0.717, 1.165) is 24.9 Å². The van der Waals surface area contributed by atoms with Crippen molar-refractivity contribution in [3.05, 3.63) is 59.7 Å². The third kappa shape index (κ3) is 2.84. The van der Waals surface area contributed by atoms with Crippen LogP contribution in [0.1, 0.15) is 40.8 Å². The molecule has 0 aliphatic carbocycles. The molecule has 4 rings (SSSR count). The maximum absolute atomic E-state index is 13.0. The van der Waals surface area contributed by atoms with Crippen LogP contribution in [0.4, 0.5) is 0 Å². The second-order valence-corrected chi connectivity index (χ2v) is 6.40. The zero-order valence-electron chi connectivity index (χ0n) is 14.3. The zero-order chi connectivity index (χ0) is 17.4. The van der Waals surface area contributed by atoms with Crippen LogP contribution in [-0.4, -0.2) is 32.1 Å². The SMILES string of the molecule is Cc1nnc(-c2ccc(C(=O)N3CCC[C@@H]3c3cccn3C)cc2)o1. The molecular weight excluding hydrogens is 316 g/mol. The van der Waals surface area contributed by atoms with Crippen LogP contribution >= 0.6 is 0 Å². The van der Waals surface area contributed by atoms with Crippen LogP contribution in [0.2, 0.25) is 0 Å². The standard InChI is InChI=1S/C19H20N4O2/c1-13-20-21-18(25-13)14-7-9-15(10-8-14)19(24)23-12-4-6-17(23)16-5-3-11-22(16)2/h3,5,7-11,17H,4,6,12H2,1-2H3/t17-/m1/s1. The van der Waals surface area contributed by atoms with E-state index in [9.17, 15) is 4.79 Å². The minimum atomic E-state index is 0.0666. The van der Waals surface area contributed by atoms with E-state index in [4.69, 9.17) is 4.42 Å². The van der Waals surface area contributed by atoms with Gasteiger partial charge in [-0.15, -0.1) is 10.2 Å². The van der Waals surface area contributed by atoms with E-state index in [-0.39, 0.29) is 11.9 Å². The van der Waals surface area contributed by atoms with E-state index in [1.165, 1.54) is 5.69 Å². The number of carbonyl (C=O) groups is 1. The lowest BCUT2D eigenvalue weighted by Crippen LogP contribution is -2.31. The first-order chi connectivity index (χ1) is 12.1. The monoisotopic (exact) mass is 336 g/mol. The molecule has 0 saturated carbocycles. The predicted molar refractivity (Wildman–Crippen MR) is 92.9 cm³/mol. The second-order valence-electron chi connectivity index (χ2n) is 6.40. The summed E-state index contributed by atoms with van der Waals surface area (Å²) in [6, 6.07) is 11.6. The molecule has 25 heavy (non-hydrogen) atoms. The Hall–Kier alpha value is -2.89. The molecule has 0 spiro atoms. The van der Waals surface area contributed by atoms with Gasteiger partial charge < -0.3 is 13.9 Å². The Morgan fingerprint density at radius 2 is 2.00 bits per heavy atom. The lowest BCUT2D eigenvalue weighted by Gasteiger charge is -2.25. The largest absolute Gasteiger partial charge is 0.421 e. The summed E-state index contributed by atoms with van der Waals surface area (Å²) in [6.07, 6.45) is 4.06. The highest BCUT2D eigenvalue weighted by molar-refractivity contribution is 5.95. The number of aromatic nitrogens is 3. The zero-order valence-corrected chi connectivity index (χ0v) is 14.3. The molecule has 1 atom stereocenters. The molecule has 0 unspecified atom stereocenters. The van der Waals surface area contributed by atoms with E-state index in [2.05, 4.69) is 20.8 Å². The van der Waals surface area contributed by atoms with Crippen LogP contribution in [0.25, 0.3) is 11.5 Å². The summed E-state index contributed by atoms with van der Waals surface area (Å²) in [6.45, 7) is 2.55. The Bertz CT molecular complexity index is 894. The maximum Gasteiger partial charge on any atom is 0.254 e. The topological polar surface area (TPSA) is 64.2 Å². The first-order valence-corrected chi connectivity index (χ1v) is 8.46. The fourth-order valence-electron chi connectivity index (χ4n) is 3.47. The van der Waals surface area contributed by atoms with Gasteiger partial charge in [0, 0.05) is 43.5 Å². The van der Waals surface area contributed by atoms with Gasteiger partial charge in [0.05, 0.1) is 6.04 Å². The summed E-state index contributed by atoms with van der Waals surface area (Å²) < 4.78 is 7.52. The van der Waals surface area contributed by atoms with Gasteiger partial charge in [0.2, 0.25) is 11.8 Å². The lowest BCUT2D eigenvalue weighted by atomic mass is 10.1. The van der Waals surface area contributed by atoms with Crippen molar-refractivity contribution in [2.45, 2.75) is 25.8 Å². The Morgan fingerprint density at radius 1 is 1.20 bits per heavy atom. The van der Waals surface area contributed by atoms with Crippen molar-refractivity contribution in [2.24, 2.45) is 7.05 Å². The molecule has 0 bridgehead atoms. The molecule has 6 nitrogen and oxygen atoms in total. The van der Waals surface area contributed by atoms with Crippen LogP contribution in [0, 0.1) is 6.92 Å². The highest BCUT2D eigenvalue weighted by atomic mass is 16.4. The highest BCUT2D eigenvalue weighted by Crippen LogP contribution is 2.33. The van der Waals surface area contributed by atoms with Crippen LogP contribution in [0.5, 0.6) is 0 Å². The smallest absolute Gasteiger partial charge is 0.254 e. The summed E-state index contributed by atoms with van der Waals surface area (Å²) in [7, 11) is 2.03. The molecule has 1 saturated heterocycles. The van der Waals surface area contributed by atoms with Gasteiger partial charge in [-0.1, -0.05) is 0 Å². The number of amides is 1. The highest BCUT2D eigenvalue weighted by Gasteiger charge is 2.31. The molecule has 0 N–H and O–H groups in total. The predicted octanol–water partition coefficient (Wildman–Crippen LogP) is 3.36. The van der Waals surface area contributed by atoms with Gasteiger partial charge in [0.25, 0.3) is 5.91 Å². The van der Waals surface area contributed by atoms with E-state index >= 15 is 0 Å². The molecule has 6 heteroatoms. The van der Waals surface area contributed by atoms with E-state index < -0.39 is 0 Å². The van der Waals surface area contributed by atoms with Gasteiger partial charge in [-0.2, -0.15) is 0 Å². The molecular formula is C19H20N4O2. The summed E-state index contributed by atoms with van der Waals surface area (Å²) in [5, 5.41) is 7.84. The molecule has 1 aromatic carbocycles. The van der Waals surface area contributed by atoms with E-state index in [1.807, 2.05) is 48.5 Å². The van der Waals surface area contributed by atoms with Crippen molar-refractivity contribution in [3.8, 4) is 11.5 Å². The lowest BCUT2D eigenvalue weighted by molar-refractivity contribution is 0.0731.